The van der Waals surface area contributed by atoms with E-state index in [1.807, 2.05) is 0 Å². The van der Waals surface area contributed by atoms with E-state index in [4.69, 9.17) is 39.5 Å². The van der Waals surface area contributed by atoms with Crippen LogP contribution in [0.4, 0.5) is 5.69 Å². The number of ether oxygens (including phenoxy) is 1. The average molecular weight is 382 g/mol. The van der Waals surface area contributed by atoms with E-state index in [0.29, 0.717) is 0 Å². The Morgan fingerprint density at radius 1 is 1.05 bits per heavy atom. The molecule has 10 heteroatoms. The molecule has 116 valence electrons. The summed E-state index contributed by atoms with van der Waals surface area (Å²) in [4.78, 5) is 9.93. The van der Waals surface area contributed by atoms with Gasteiger partial charge in [0.25, 0.3) is 5.69 Å². The van der Waals surface area contributed by atoms with Gasteiger partial charge in [-0.15, -0.1) is 0 Å². The van der Waals surface area contributed by atoms with Crippen LogP contribution in [-0.2, 0) is 11.1 Å². The Kier molecular flexibility index (Phi) is 5.25. The zero-order chi connectivity index (χ0) is 16.4. The van der Waals surface area contributed by atoms with Crippen molar-refractivity contribution in [2.45, 2.75) is 4.90 Å². The van der Waals surface area contributed by atoms with Crippen molar-refractivity contribution in [3.8, 4) is 11.5 Å². The molecule has 2 aromatic carbocycles. The lowest BCUT2D eigenvalue weighted by atomic mass is 10.3. The molecule has 6 nitrogen and oxygen atoms in total. The van der Waals surface area contributed by atoms with Crippen LogP contribution < -0.4 is 4.74 Å². The summed E-state index contributed by atoms with van der Waals surface area (Å²) in [5.41, 5.74) is -0.202. The third-order valence-electron chi connectivity index (χ3n) is 2.50. The molecule has 0 aliphatic carbocycles. The number of hydrogen-bond acceptors (Lipinski definition) is 5. The first kappa shape index (κ1) is 17.0. The first-order chi connectivity index (χ1) is 10.3. The van der Waals surface area contributed by atoms with Crippen molar-refractivity contribution in [2.24, 2.45) is 0 Å². The maximum atomic E-state index is 10.9. The summed E-state index contributed by atoms with van der Waals surface area (Å²) in [5.74, 6) is 0.0837. The molecule has 1 unspecified atom stereocenters. The molecule has 2 aromatic rings. The monoisotopic (exact) mass is 380 g/mol. The third kappa shape index (κ3) is 3.68. The van der Waals surface area contributed by atoms with Crippen molar-refractivity contribution >= 4 is 51.6 Å². The maximum absolute atomic E-state index is 10.9. The summed E-state index contributed by atoms with van der Waals surface area (Å²) in [7, 11) is 0. The van der Waals surface area contributed by atoms with E-state index in [-0.39, 0.29) is 37.1 Å². The fraction of sp³-hybridized carbons (Fsp3) is 0. The second kappa shape index (κ2) is 6.80. The van der Waals surface area contributed by atoms with Crippen molar-refractivity contribution in [3.05, 3.63) is 55.5 Å². The average Bonchev–Trinajstić information content (AvgIpc) is 2.43. The van der Waals surface area contributed by atoms with Crippen LogP contribution in [0.15, 0.2) is 35.2 Å². The van der Waals surface area contributed by atoms with Gasteiger partial charge in [-0.3, -0.25) is 14.3 Å². The topological polar surface area (TPSA) is 92.5 Å². The molecule has 0 heterocycles. The van der Waals surface area contributed by atoms with Gasteiger partial charge in [-0.1, -0.05) is 34.8 Å². The molecule has 0 aromatic heterocycles. The van der Waals surface area contributed by atoms with Crippen molar-refractivity contribution in [2.75, 3.05) is 0 Å². The van der Waals surface area contributed by atoms with E-state index in [2.05, 4.69) is 0 Å². The Morgan fingerprint density at radius 3 is 2.09 bits per heavy atom. The van der Waals surface area contributed by atoms with E-state index < -0.39 is 16.0 Å². The molecule has 0 N–H and O–H groups in total. The summed E-state index contributed by atoms with van der Waals surface area (Å²) >= 11 is 15.3. The minimum Gasteiger partial charge on any atom is -0.768 e. The summed E-state index contributed by atoms with van der Waals surface area (Å²) in [6.45, 7) is 0. The third-order valence-corrected chi connectivity index (χ3v) is 3.98. The fourth-order valence-electron chi connectivity index (χ4n) is 1.53. The molecule has 0 bridgehead atoms. The summed E-state index contributed by atoms with van der Waals surface area (Å²) in [5, 5.41) is 10.5. The Balaban J connectivity index is 2.39. The van der Waals surface area contributed by atoms with E-state index >= 15 is 0 Å². The molecule has 0 radical (unpaired) electrons. The highest BCUT2D eigenvalue weighted by atomic mass is 35.5. The minimum atomic E-state index is -2.49. The first-order valence-corrected chi connectivity index (χ1v) is 7.70. The number of hydrogen-bond donors (Lipinski definition) is 0. The van der Waals surface area contributed by atoms with Crippen LogP contribution in [0.25, 0.3) is 0 Å². The fourth-order valence-corrected chi connectivity index (χ4v) is 2.86. The Morgan fingerprint density at radius 2 is 1.64 bits per heavy atom. The predicted octanol–water partition coefficient (Wildman–Crippen LogP) is 4.59. The van der Waals surface area contributed by atoms with Crippen LogP contribution in [0.3, 0.4) is 0 Å². The van der Waals surface area contributed by atoms with Gasteiger partial charge in [-0.2, -0.15) is 0 Å². The van der Waals surface area contributed by atoms with Gasteiger partial charge < -0.3 is 9.29 Å². The Hall–Kier alpha value is -1.38. The van der Waals surface area contributed by atoms with Crippen molar-refractivity contribution in [3.63, 3.8) is 0 Å². The number of halogens is 3. The molecular formula is C12H5Cl3NO5S-. The zero-order valence-electron chi connectivity index (χ0n) is 10.4. The second-order valence-corrected chi connectivity index (χ2v) is 6.09. The SMILES string of the molecule is O=[N+]([O-])c1ccc(Oc2c(Cl)cc(S(=O)[O-])cc2Cl)c(Cl)c1. The number of nitrogens with zero attached hydrogens (tertiary/aromatic N) is 1. The van der Waals surface area contributed by atoms with Crippen molar-refractivity contribution < 1.29 is 18.4 Å². The summed E-state index contributed by atoms with van der Waals surface area (Å²) in [6, 6.07) is 5.91. The van der Waals surface area contributed by atoms with E-state index in [0.717, 1.165) is 18.2 Å². The normalized spacial score (nSPS) is 12.0. The molecule has 0 spiro atoms. The van der Waals surface area contributed by atoms with Gasteiger partial charge in [-0.05, 0) is 29.3 Å². The smallest absolute Gasteiger partial charge is 0.271 e. The zero-order valence-corrected chi connectivity index (χ0v) is 13.5. The quantitative estimate of drug-likeness (QED) is 0.439. The van der Waals surface area contributed by atoms with Gasteiger partial charge in [-0.25, -0.2) is 0 Å². The first-order valence-electron chi connectivity index (χ1n) is 5.49. The molecule has 0 amide bonds. The molecule has 0 fully saturated rings. The number of benzene rings is 2. The highest BCUT2D eigenvalue weighted by Gasteiger charge is 2.15. The number of nitro benzene ring substituents is 1. The molecule has 1 atom stereocenters. The summed E-state index contributed by atoms with van der Waals surface area (Å²) in [6.07, 6.45) is 0. The number of rotatable bonds is 4. The lowest BCUT2D eigenvalue weighted by Crippen LogP contribution is -1.94. The van der Waals surface area contributed by atoms with Gasteiger partial charge >= 0.3 is 0 Å². The lowest BCUT2D eigenvalue weighted by molar-refractivity contribution is -0.384. The molecule has 2 rings (SSSR count). The van der Waals surface area contributed by atoms with Crippen LogP contribution >= 0.6 is 34.8 Å². The van der Waals surface area contributed by atoms with Crippen LogP contribution in [0.2, 0.25) is 15.1 Å². The largest absolute Gasteiger partial charge is 0.768 e. The van der Waals surface area contributed by atoms with Gasteiger partial charge in [0.05, 0.1) is 20.0 Å². The lowest BCUT2D eigenvalue weighted by Gasteiger charge is -2.13. The molecular weight excluding hydrogens is 377 g/mol. The van der Waals surface area contributed by atoms with Crippen molar-refractivity contribution in [1.29, 1.82) is 0 Å². The van der Waals surface area contributed by atoms with Gasteiger partial charge in [0.2, 0.25) is 0 Å². The van der Waals surface area contributed by atoms with Crippen LogP contribution in [0.1, 0.15) is 0 Å². The Bertz CT molecular complexity index is 760. The highest BCUT2D eigenvalue weighted by Crippen LogP contribution is 2.40. The van der Waals surface area contributed by atoms with E-state index in [1.165, 1.54) is 12.1 Å². The van der Waals surface area contributed by atoms with Crippen LogP contribution in [-0.4, -0.2) is 13.7 Å². The van der Waals surface area contributed by atoms with E-state index in [9.17, 15) is 18.9 Å². The van der Waals surface area contributed by atoms with Gasteiger partial charge in [0.1, 0.15) is 5.75 Å². The molecule has 22 heavy (non-hydrogen) atoms. The van der Waals surface area contributed by atoms with Crippen molar-refractivity contribution in [1.82, 2.24) is 0 Å². The maximum Gasteiger partial charge on any atom is 0.271 e. The molecule has 0 saturated heterocycles. The molecule has 0 saturated carbocycles. The number of nitro groups is 1. The van der Waals surface area contributed by atoms with Crippen LogP contribution in [0.5, 0.6) is 11.5 Å². The predicted molar refractivity (Wildman–Crippen MR) is 81.8 cm³/mol. The molecule has 0 aliphatic rings. The molecule has 0 aliphatic heterocycles. The minimum absolute atomic E-state index is 0.00622. The standard InChI is InChI=1S/C12H6Cl3NO5S/c13-8-3-6(16(17)18)1-2-11(8)21-12-9(14)4-7(22(19)20)5-10(12)15/h1-5H,(H,19,20)/p-1. The number of non-ortho nitro benzene ring substituents is 1. The van der Waals surface area contributed by atoms with E-state index in [1.54, 1.807) is 0 Å². The van der Waals surface area contributed by atoms with Gasteiger partial charge in [0, 0.05) is 17.0 Å². The second-order valence-electron chi connectivity index (χ2n) is 3.92. The van der Waals surface area contributed by atoms with Gasteiger partial charge in [0.15, 0.2) is 5.75 Å². The van der Waals surface area contributed by atoms with Crippen LogP contribution in [0, 0.1) is 10.1 Å². The highest BCUT2D eigenvalue weighted by molar-refractivity contribution is 7.79. The summed E-state index contributed by atoms with van der Waals surface area (Å²) < 4.78 is 27.2. The Labute approximate surface area is 142 Å².